The predicted molar refractivity (Wildman–Crippen MR) is 84.2 cm³/mol. The summed E-state index contributed by atoms with van der Waals surface area (Å²) in [6.07, 6.45) is 0. The number of hydrogen-bond donors (Lipinski definition) is 1. The van der Waals surface area contributed by atoms with E-state index in [1.807, 2.05) is 49.4 Å². The Bertz CT molecular complexity index is 766. The van der Waals surface area contributed by atoms with E-state index < -0.39 is 0 Å². The van der Waals surface area contributed by atoms with Crippen LogP contribution in [0.15, 0.2) is 42.5 Å². The van der Waals surface area contributed by atoms with Gasteiger partial charge in [0, 0.05) is 6.54 Å². The highest BCUT2D eigenvalue weighted by molar-refractivity contribution is 6.45. The van der Waals surface area contributed by atoms with Gasteiger partial charge in [-0.2, -0.15) is 0 Å². The maximum atomic E-state index is 8.98. The van der Waals surface area contributed by atoms with Crippen LogP contribution in [0.3, 0.4) is 0 Å². The number of fused-ring (bicyclic) bond motifs is 1. The van der Waals surface area contributed by atoms with Crippen LogP contribution in [0.5, 0.6) is 5.75 Å². The standard InChI is InChI=1S/C16H16BN2O2/c1-11-18-14-4-3-5-15(21-2)16(14)19(11)10-12-6-8-13(17-20)9-7-12/h3-9,20H,10H2,1-2H3. The molecule has 3 aromatic rings. The highest BCUT2D eigenvalue weighted by Crippen LogP contribution is 2.27. The van der Waals surface area contributed by atoms with Crippen molar-refractivity contribution in [2.24, 2.45) is 0 Å². The van der Waals surface area contributed by atoms with Crippen molar-refractivity contribution in [3.8, 4) is 5.75 Å². The third kappa shape index (κ3) is 2.52. The topological polar surface area (TPSA) is 47.3 Å². The SMILES string of the molecule is COc1cccc2nc(C)n(Cc3ccc([B]O)cc3)c12. The van der Waals surface area contributed by atoms with Crippen LogP contribution in [0.25, 0.3) is 11.0 Å². The first-order chi connectivity index (χ1) is 10.2. The summed E-state index contributed by atoms with van der Waals surface area (Å²) in [5, 5.41) is 8.98. The van der Waals surface area contributed by atoms with Crippen molar-refractivity contribution in [3.63, 3.8) is 0 Å². The van der Waals surface area contributed by atoms with E-state index in [0.717, 1.165) is 41.1 Å². The summed E-state index contributed by atoms with van der Waals surface area (Å²) >= 11 is 0. The molecule has 0 saturated heterocycles. The molecule has 0 saturated carbocycles. The monoisotopic (exact) mass is 279 g/mol. The highest BCUT2D eigenvalue weighted by Gasteiger charge is 2.12. The summed E-state index contributed by atoms with van der Waals surface area (Å²) in [7, 11) is 2.78. The zero-order valence-electron chi connectivity index (χ0n) is 12.1. The number of rotatable bonds is 4. The normalized spacial score (nSPS) is 10.8. The molecule has 1 heterocycles. The van der Waals surface area contributed by atoms with Gasteiger partial charge in [-0.15, -0.1) is 0 Å². The molecule has 0 atom stereocenters. The third-order valence-electron chi connectivity index (χ3n) is 3.61. The molecule has 1 N–H and O–H groups in total. The smallest absolute Gasteiger partial charge is 0.326 e. The van der Waals surface area contributed by atoms with Gasteiger partial charge in [-0.25, -0.2) is 4.98 Å². The number of aromatic nitrogens is 2. The molecule has 4 nitrogen and oxygen atoms in total. The van der Waals surface area contributed by atoms with Crippen LogP contribution in [0.4, 0.5) is 0 Å². The number of benzene rings is 2. The van der Waals surface area contributed by atoms with Crippen LogP contribution >= 0.6 is 0 Å². The van der Waals surface area contributed by atoms with Crippen LogP contribution in [0.1, 0.15) is 11.4 Å². The first kappa shape index (κ1) is 13.7. The second-order valence-electron chi connectivity index (χ2n) is 4.94. The Kier molecular flexibility index (Phi) is 3.67. The Morgan fingerprint density at radius 1 is 1.19 bits per heavy atom. The van der Waals surface area contributed by atoms with Crippen molar-refractivity contribution < 1.29 is 9.76 Å². The summed E-state index contributed by atoms with van der Waals surface area (Å²) in [6.45, 7) is 2.71. The summed E-state index contributed by atoms with van der Waals surface area (Å²) in [5.74, 6) is 1.78. The number of imidazole rings is 1. The molecule has 0 bridgehead atoms. The first-order valence-corrected chi connectivity index (χ1v) is 6.79. The van der Waals surface area contributed by atoms with E-state index >= 15 is 0 Å². The maximum Gasteiger partial charge on any atom is 0.326 e. The van der Waals surface area contributed by atoms with Gasteiger partial charge in [0.05, 0.1) is 12.6 Å². The second kappa shape index (κ2) is 5.62. The lowest BCUT2D eigenvalue weighted by Crippen LogP contribution is -2.13. The van der Waals surface area contributed by atoms with Gasteiger partial charge in [-0.05, 0) is 24.6 Å². The quantitative estimate of drug-likeness (QED) is 0.738. The number of para-hydroxylation sites is 1. The van der Waals surface area contributed by atoms with E-state index in [1.54, 1.807) is 7.11 Å². The Hall–Kier alpha value is -2.27. The average molecular weight is 279 g/mol. The molecule has 5 heteroatoms. The molecular formula is C16H16BN2O2. The molecule has 0 aliphatic carbocycles. The first-order valence-electron chi connectivity index (χ1n) is 6.79. The third-order valence-corrected chi connectivity index (χ3v) is 3.61. The van der Waals surface area contributed by atoms with Gasteiger partial charge in [0.2, 0.25) is 0 Å². The minimum atomic E-state index is 0.717. The van der Waals surface area contributed by atoms with Gasteiger partial charge in [0.15, 0.2) is 0 Å². The number of ether oxygens (including phenoxy) is 1. The van der Waals surface area contributed by atoms with Gasteiger partial charge >= 0.3 is 7.48 Å². The van der Waals surface area contributed by atoms with E-state index in [2.05, 4.69) is 9.55 Å². The molecule has 0 amide bonds. The van der Waals surface area contributed by atoms with Crippen molar-refractivity contribution in [2.75, 3.05) is 7.11 Å². The van der Waals surface area contributed by atoms with Crippen molar-refractivity contribution >= 4 is 24.0 Å². The average Bonchev–Trinajstić information content (AvgIpc) is 2.84. The number of hydrogen-bond acceptors (Lipinski definition) is 3. The minimum absolute atomic E-state index is 0.717. The Morgan fingerprint density at radius 3 is 2.62 bits per heavy atom. The molecule has 1 radical (unpaired) electrons. The molecule has 0 unspecified atom stereocenters. The van der Waals surface area contributed by atoms with E-state index in [0.29, 0.717) is 6.54 Å². The maximum absolute atomic E-state index is 8.98. The Morgan fingerprint density at radius 2 is 1.95 bits per heavy atom. The van der Waals surface area contributed by atoms with Gasteiger partial charge in [-0.3, -0.25) is 0 Å². The molecule has 2 aromatic carbocycles. The van der Waals surface area contributed by atoms with Gasteiger partial charge in [-0.1, -0.05) is 35.8 Å². The Balaban J connectivity index is 2.04. The lowest BCUT2D eigenvalue weighted by molar-refractivity contribution is 0.417. The molecule has 0 fully saturated rings. The highest BCUT2D eigenvalue weighted by atomic mass is 16.5. The van der Waals surface area contributed by atoms with Crippen molar-refractivity contribution in [2.45, 2.75) is 13.5 Å². The molecule has 0 spiro atoms. The molecule has 21 heavy (non-hydrogen) atoms. The van der Waals surface area contributed by atoms with Crippen molar-refractivity contribution in [3.05, 3.63) is 53.9 Å². The van der Waals surface area contributed by atoms with Crippen LogP contribution in [-0.2, 0) is 6.54 Å². The van der Waals surface area contributed by atoms with Crippen LogP contribution in [-0.4, -0.2) is 29.2 Å². The van der Waals surface area contributed by atoms with E-state index in [-0.39, 0.29) is 0 Å². The van der Waals surface area contributed by atoms with Gasteiger partial charge in [0.1, 0.15) is 17.1 Å². The summed E-state index contributed by atoms with van der Waals surface area (Å²) in [5.41, 5.74) is 3.89. The van der Waals surface area contributed by atoms with Crippen molar-refractivity contribution in [1.82, 2.24) is 9.55 Å². The zero-order chi connectivity index (χ0) is 14.8. The molecule has 3 rings (SSSR count). The summed E-state index contributed by atoms with van der Waals surface area (Å²) in [6, 6.07) is 13.7. The van der Waals surface area contributed by atoms with E-state index in [4.69, 9.17) is 9.76 Å². The fraction of sp³-hybridized carbons (Fsp3) is 0.188. The minimum Gasteiger partial charge on any atom is -0.494 e. The van der Waals surface area contributed by atoms with Crippen LogP contribution < -0.4 is 10.2 Å². The van der Waals surface area contributed by atoms with E-state index in [1.165, 1.54) is 0 Å². The number of methoxy groups -OCH3 is 1. The number of aryl methyl sites for hydroxylation is 1. The predicted octanol–water partition coefficient (Wildman–Crippen LogP) is 1.64. The largest absolute Gasteiger partial charge is 0.494 e. The summed E-state index contributed by atoms with van der Waals surface area (Å²) < 4.78 is 7.60. The van der Waals surface area contributed by atoms with Gasteiger partial charge < -0.3 is 14.3 Å². The molecule has 105 valence electrons. The zero-order valence-corrected chi connectivity index (χ0v) is 12.1. The fourth-order valence-corrected chi connectivity index (χ4v) is 2.52. The molecular weight excluding hydrogens is 263 g/mol. The lowest BCUT2D eigenvalue weighted by atomic mass is 9.88. The number of nitrogens with zero attached hydrogens (tertiary/aromatic N) is 2. The lowest BCUT2D eigenvalue weighted by Gasteiger charge is -2.10. The molecule has 1 aromatic heterocycles. The second-order valence-corrected chi connectivity index (χ2v) is 4.94. The Labute approximate surface area is 124 Å². The fourth-order valence-electron chi connectivity index (χ4n) is 2.52. The molecule has 0 aliphatic rings. The van der Waals surface area contributed by atoms with Crippen LogP contribution in [0.2, 0.25) is 0 Å². The van der Waals surface area contributed by atoms with Crippen LogP contribution in [0, 0.1) is 6.92 Å². The summed E-state index contributed by atoms with van der Waals surface area (Å²) in [4.78, 5) is 4.59. The van der Waals surface area contributed by atoms with Gasteiger partial charge in [0.25, 0.3) is 0 Å². The molecule has 0 aliphatic heterocycles. The van der Waals surface area contributed by atoms with E-state index in [9.17, 15) is 0 Å². The van der Waals surface area contributed by atoms with Crippen molar-refractivity contribution in [1.29, 1.82) is 0 Å².